The van der Waals surface area contributed by atoms with Gasteiger partial charge in [-0.3, -0.25) is 4.79 Å². The Labute approximate surface area is 77.5 Å². The van der Waals surface area contributed by atoms with E-state index in [9.17, 15) is 4.79 Å². The topological polar surface area (TPSA) is 128 Å². The van der Waals surface area contributed by atoms with Crippen LogP contribution in [-0.2, 0) is 0 Å². The van der Waals surface area contributed by atoms with Crippen LogP contribution in [0.2, 0.25) is 0 Å². The molecule has 0 bridgehead atoms. The predicted octanol–water partition coefficient (Wildman–Crippen LogP) is -1.68. The normalized spacial score (nSPS) is 10.3. The molecule has 0 aliphatic carbocycles. The second-order valence-corrected chi connectivity index (χ2v) is 2.56. The maximum atomic E-state index is 10.7. The Balaban J connectivity index is 2.55. The van der Waals surface area contributed by atoms with E-state index in [-0.39, 0.29) is 11.5 Å². The Morgan fingerprint density at radius 3 is 2.64 bits per heavy atom. The maximum absolute atomic E-state index is 10.7. The highest BCUT2D eigenvalue weighted by atomic mass is 16.1. The van der Waals surface area contributed by atoms with Crippen molar-refractivity contribution in [2.45, 2.75) is 0 Å². The first-order valence-electron chi connectivity index (χ1n) is 3.70. The highest BCUT2D eigenvalue weighted by Crippen LogP contribution is 2.11. The Kier molecular flexibility index (Phi) is 1.67. The lowest BCUT2D eigenvalue weighted by atomic mass is 10.4. The Morgan fingerprint density at radius 2 is 2.14 bits per heavy atom. The van der Waals surface area contributed by atoms with Crippen LogP contribution >= 0.6 is 0 Å². The highest BCUT2D eigenvalue weighted by Gasteiger charge is 2.09. The minimum atomic E-state index is -0.301. The summed E-state index contributed by atoms with van der Waals surface area (Å²) in [5.74, 6) is 5.87. The molecule has 0 aromatic carbocycles. The molecule has 14 heavy (non-hydrogen) atoms. The molecular weight excluding hydrogens is 186 g/mol. The minimum Gasteiger partial charge on any atom is -0.366 e. The van der Waals surface area contributed by atoms with Crippen LogP contribution in [-0.4, -0.2) is 25.1 Å². The van der Waals surface area contributed by atoms with Crippen molar-refractivity contribution in [2.75, 3.05) is 11.6 Å². The van der Waals surface area contributed by atoms with E-state index < -0.39 is 0 Å². The van der Waals surface area contributed by atoms with Crippen LogP contribution in [0.1, 0.15) is 0 Å². The molecule has 2 rings (SSSR count). The molecule has 8 nitrogen and oxygen atoms in total. The lowest BCUT2D eigenvalue weighted by Gasteiger charge is -1.98. The van der Waals surface area contributed by atoms with Gasteiger partial charge in [0.15, 0.2) is 0 Å². The zero-order chi connectivity index (χ0) is 10.1. The molecule has 0 spiro atoms. The Hall–Kier alpha value is -2.38. The van der Waals surface area contributed by atoms with E-state index >= 15 is 0 Å². The average molecular weight is 193 g/mol. The quantitative estimate of drug-likeness (QED) is 0.464. The fourth-order valence-electron chi connectivity index (χ4n) is 0.947. The maximum Gasteiger partial charge on any atom is 0.264 e. The SMILES string of the molecule is Nc1nnc(-c2ccc(=O)[nH]n2)n1N. The largest absolute Gasteiger partial charge is 0.366 e. The van der Waals surface area contributed by atoms with Gasteiger partial charge in [0.2, 0.25) is 11.8 Å². The summed E-state index contributed by atoms with van der Waals surface area (Å²) < 4.78 is 1.08. The first-order valence-corrected chi connectivity index (χ1v) is 3.70. The number of hydrogen-bond acceptors (Lipinski definition) is 6. The van der Waals surface area contributed by atoms with Gasteiger partial charge in [-0.05, 0) is 6.07 Å². The third kappa shape index (κ3) is 1.18. The smallest absolute Gasteiger partial charge is 0.264 e. The second-order valence-electron chi connectivity index (χ2n) is 2.56. The van der Waals surface area contributed by atoms with Gasteiger partial charge < -0.3 is 11.6 Å². The van der Waals surface area contributed by atoms with Crippen LogP contribution < -0.4 is 17.1 Å². The van der Waals surface area contributed by atoms with E-state index in [0.717, 1.165) is 4.68 Å². The molecule has 2 heterocycles. The molecule has 2 aromatic rings. The summed E-state index contributed by atoms with van der Waals surface area (Å²) >= 11 is 0. The second kappa shape index (κ2) is 2.83. The van der Waals surface area contributed by atoms with Crippen molar-refractivity contribution in [1.82, 2.24) is 25.1 Å². The molecule has 0 aliphatic rings. The molecule has 0 saturated carbocycles. The highest BCUT2D eigenvalue weighted by molar-refractivity contribution is 5.50. The van der Waals surface area contributed by atoms with Crippen molar-refractivity contribution in [3.05, 3.63) is 22.5 Å². The van der Waals surface area contributed by atoms with Crippen molar-refractivity contribution >= 4 is 5.95 Å². The molecule has 0 atom stereocenters. The number of nitrogen functional groups attached to an aromatic ring is 2. The van der Waals surface area contributed by atoms with Gasteiger partial charge in [0.1, 0.15) is 5.69 Å². The molecule has 2 aromatic heterocycles. The number of H-pyrrole nitrogens is 1. The van der Waals surface area contributed by atoms with E-state index in [0.29, 0.717) is 11.5 Å². The Morgan fingerprint density at radius 1 is 1.36 bits per heavy atom. The molecule has 0 fully saturated rings. The molecular formula is C6H7N7O. The summed E-state index contributed by atoms with van der Waals surface area (Å²) in [5, 5.41) is 13.2. The monoisotopic (exact) mass is 193 g/mol. The minimum absolute atomic E-state index is 0.0769. The van der Waals surface area contributed by atoms with Crippen molar-refractivity contribution in [1.29, 1.82) is 0 Å². The third-order valence-corrected chi connectivity index (χ3v) is 1.63. The number of aromatic nitrogens is 5. The lowest BCUT2D eigenvalue weighted by Crippen LogP contribution is -2.15. The van der Waals surface area contributed by atoms with E-state index in [4.69, 9.17) is 11.6 Å². The van der Waals surface area contributed by atoms with Crippen molar-refractivity contribution < 1.29 is 0 Å². The fraction of sp³-hybridized carbons (Fsp3) is 0. The number of rotatable bonds is 1. The number of nitrogens with one attached hydrogen (secondary N) is 1. The van der Waals surface area contributed by atoms with Crippen LogP contribution in [0.5, 0.6) is 0 Å². The van der Waals surface area contributed by atoms with Gasteiger partial charge in [-0.2, -0.15) is 5.10 Å². The molecule has 0 radical (unpaired) electrons. The third-order valence-electron chi connectivity index (χ3n) is 1.63. The summed E-state index contributed by atoms with van der Waals surface area (Å²) in [6, 6.07) is 2.79. The van der Waals surface area contributed by atoms with Crippen LogP contribution in [0.15, 0.2) is 16.9 Å². The number of anilines is 1. The zero-order valence-electron chi connectivity index (χ0n) is 7.01. The van der Waals surface area contributed by atoms with Crippen LogP contribution in [0.25, 0.3) is 11.5 Å². The van der Waals surface area contributed by atoms with E-state index in [1.54, 1.807) is 0 Å². The van der Waals surface area contributed by atoms with Gasteiger partial charge in [0, 0.05) is 6.07 Å². The molecule has 0 amide bonds. The van der Waals surface area contributed by atoms with Gasteiger partial charge in [-0.1, -0.05) is 0 Å². The summed E-state index contributed by atoms with van der Waals surface area (Å²) in [6.07, 6.45) is 0. The number of nitrogens with two attached hydrogens (primary N) is 2. The van der Waals surface area contributed by atoms with Gasteiger partial charge in [-0.15, -0.1) is 10.2 Å². The molecule has 8 heteroatoms. The lowest BCUT2D eigenvalue weighted by molar-refractivity contribution is 0.949. The van der Waals surface area contributed by atoms with Crippen LogP contribution in [0, 0.1) is 0 Å². The summed E-state index contributed by atoms with van der Waals surface area (Å²) in [6.45, 7) is 0. The molecule has 0 aliphatic heterocycles. The van der Waals surface area contributed by atoms with Crippen molar-refractivity contribution in [3.63, 3.8) is 0 Å². The fourth-order valence-corrected chi connectivity index (χ4v) is 0.947. The van der Waals surface area contributed by atoms with Crippen LogP contribution in [0.4, 0.5) is 5.95 Å². The molecule has 0 unspecified atom stereocenters. The van der Waals surface area contributed by atoms with E-state index in [1.165, 1.54) is 12.1 Å². The first-order chi connectivity index (χ1) is 6.68. The van der Waals surface area contributed by atoms with Crippen LogP contribution in [0.3, 0.4) is 0 Å². The van der Waals surface area contributed by atoms with Crippen molar-refractivity contribution in [3.8, 4) is 11.5 Å². The summed E-state index contributed by atoms with van der Waals surface area (Å²) in [4.78, 5) is 10.7. The van der Waals surface area contributed by atoms with Gasteiger partial charge >= 0.3 is 0 Å². The van der Waals surface area contributed by atoms with Gasteiger partial charge in [0.05, 0.1) is 0 Å². The zero-order valence-corrected chi connectivity index (χ0v) is 7.01. The number of hydrogen-bond donors (Lipinski definition) is 3. The molecule has 72 valence electrons. The standard InChI is InChI=1S/C6H7N7O/c7-6-12-11-5(13(6)8)3-1-2-4(14)10-9-3/h1-2H,8H2,(H2,7,12)(H,10,14). The number of aromatic amines is 1. The molecule has 5 N–H and O–H groups in total. The predicted molar refractivity (Wildman–Crippen MR) is 48.4 cm³/mol. The summed E-state index contributed by atoms with van der Waals surface area (Å²) in [7, 11) is 0. The number of nitrogens with zero attached hydrogens (tertiary/aromatic N) is 4. The van der Waals surface area contributed by atoms with Gasteiger partial charge in [-0.25, -0.2) is 9.77 Å². The van der Waals surface area contributed by atoms with E-state index in [1.807, 2.05) is 0 Å². The average Bonchev–Trinajstić information content (AvgIpc) is 2.50. The first kappa shape index (κ1) is 8.23. The molecule has 0 saturated heterocycles. The van der Waals surface area contributed by atoms with E-state index in [2.05, 4.69) is 20.4 Å². The van der Waals surface area contributed by atoms with Gasteiger partial charge in [0.25, 0.3) is 5.56 Å². The Bertz CT molecular complexity index is 493. The summed E-state index contributed by atoms with van der Waals surface area (Å²) in [5.41, 5.74) is 5.47. The van der Waals surface area contributed by atoms with Crippen molar-refractivity contribution in [2.24, 2.45) is 0 Å².